The van der Waals surface area contributed by atoms with Crippen LogP contribution in [0.3, 0.4) is 0 Å². The molecular weight excluding hydrogens is 264 g/mol. The fourth-order valence-corrected chi connectivity index (χ4v) is 3.65. The van der Waals surface area contributed by atoms with Crippen LogP contribution in [0.15, 0.2) is 15.4 Å². The molecule has 0 radical (unpaired) electrons. The van der Waals surface area contributed by atoms with Crippen LogP contribution in [-0.4, -0.2) is 14.3 Å². The number of rotatable bonds is 2. The minimum atomic E-state index is 0.647. The van der Waals surface area contributed by atoms with Gasteiger partial charge in [-0.2, -0.15) is 9.64 Å². The van der Waals surface area contributed by atoms with Gasteiger partial charge in [-0.1, -0.05) is 0 Å². The van der Waals surface area contributed by atoms with Crippen molar-refractivity contribution < 1.29 is 0 Å². The molecule has 0 bridgehead atoms. The molecule has 2 heterocycles. The number of nitriles is 1. The van der Waals surface area contributed by atoms with Gasteiger partial charge >= 0.3 is 0 Å². The van der Waals surface area contributed by atoms with Crippen molar-refractivity contribution >= 4 is 23.3 Å². The van der Waals surface area contributed by atoms with E-state index in [2.05, 4.69) is 20.4 Å². The predicted molar refractivity (Wildman–Crippen MR) is 69.7 cm³/mol. The summed E-state index contributed by atoms with van der Waals surface area (Å²) in [6.45, 7) is 1.86. The van der Waals surface area contributed by atoms with Crippen molar-refractivity contribution in [1.82, 2.24) is 14.3 Å². The normalized spacial score (nSPS) is 13.3. The first kappa shape index (κ1) is 11.6. The van der Waals surface area contributed by atoms with Gasteiger partial charge in [-0.25, -0.2) is 9.97 Å². The first-order valence-corrected chi connectivity index (χ1v) is 7.26. The van der Waals surface area contributed by atoms with Crippen molar-refractivity contribution in [3.05, 3.63) is 28.7 Å². The van der Waals surface area contributed by atoms with Crippen LogP contribution >= 0.6 is 23.3 Å². The second kappa shape index (κ2) is 4.67. The SMILES string of the molecule is Cc1nsc(Sc2nc3c(cc2C#N)CCC3)n1. The highest BCUT2D eigenvalue weighted by molar-refractivity contribution is 8.00. The third-order valence-electron chi connectivity index (χ3n) is 2.83. The molecule has 6 heteroatoms. The molecule has 0 spiro atoms. The summed E-state index contributed by atoms with van der Waals surface area (Å²) in [6.07, 6.45) is 3.20. The van der Waals surface area contributed by atoms with Crippen molar-refractivity contribution in [3.63, 3.8) is 0 Å². The highest BCUT2D eigenvalue weighted by atomic mass is 32.2. The number of fused-ring (bicyclic) bond motifs is 1. The molecule has 4 nitrogen and oxygen atoms in total. The van der Waals surface area contributed by atoms with Gasteiger partial charge in [0.1, 0.15) is 16.9 Å². The molecule has 0 N–H and O–H groups in total. The van der Waals surface area contributed by atoms with E-state index in [1.807, 2.05) is 13.0 Å². The van der Waals surface area contributed by atoms with Crippen molar-refractivity contribution in [3.8, 4) is 6.07 Å². The third-order valence-corrected chi connectivity index (χ3v) is 4.68. The predicted octanol–water partition coefficient (Wildman–Crippen LogP) is 2.75. The first-order valence-electron chi connectivity index (χ1n) is 5.67. The van der Waals surface area contributed by atoms with Crippen molar-refractivity contribution in [1.29, 1.82) is 5.26 Å². The van der Waals surface area contributed by atoms with Gasteiger partial charge in [-0.05, 0) is 61.1 Å². The lowest BCUT2D eigenvalue weighted by Crippen LogP contribution is -1.94. The highest BCUT2D eigenvalue weighted by Crippen LogP contribution is 2.32. The zero-order valence-electron chi connectivity index (χ0n) is 9.80. The van der Waals surface area contributed by atoms with Gasteiger partial charge in [0, 0.05) is 5.69 Å². The molecule has 90 valence electrons. The van der Waals surface area contributed by atoms with E-state index in [1.165, 1.54) is 28.9 Å². The standard InChI is InChI=1S/C12H10N4S2/c1-7-14-12(18-16-7)17-11-9(6-13)5-8-3-2-4-10(8)15-11/h5H,2-4H2,1H3. The lowest BCUT2D eigenvalue weighted by molar-refractivity contribution is 0.891. The summed E-state index contributed by atoms with van der Waals surface area (Å²) in [5, 5.41) is 9.96. The number of aryl methyl sites for hydroxylation is 3. The Bertz CT molecular complexity index is 642. The van der Waals surface area contributed by atoms with Gasteiger partial charge in [0.15, 0.2) is 4.34 Å². The van der Waals surface area contributed by atoms with Gasteiger partial charge < -0.3 is 0 Å². The van der Waals surface area contributed by atoms with E-state index in [0.29, 0.717) is 5.56 Å². The largest absolute Gasteiger partial charge is 0.244 e. The molecule has 0 atom stereocenters. The van der Waals surface area contributed by atoms with Gasteiger partial charge in [0.25, 0.3) is 0 Å². The molecule has 18 heavy (non-hydrogen) atoms. The van der Waals surface area contributed by atoms with Crippen LogP contribution in [0.2, 0.25) is 0 Å². The Kier molecular flexibility index (Phi) is 3.02. The maximum Gasteiger partial charge on any atom is 0.176 e. The van der Waals surface area contributed by atoms with Crippen molar-refractivity contribution in [2.24, 2.45) is 0 Å². The zero-order valence-corrected chi connectivity index (χ0v) is 11.4. The van der Waals surface area contributed by atoms with Gasteiger partial charge in [-0.15, -0.1) is 0 Å². The van der Waals surface area contributed by atoms with Gasteiger partial charge in [0.05, 0.1) is 5.56 Å². The van der Waals surface area contributed by atoms with Crippen LogP contribution in [0.4, 0.5) is 0 Å². The van der Waals surface area contributed by atoms with Crippen LogP contribution in [0, 0.1) is 18.3 Å². The number of nitrogens with zero attached hydrogens (tertiary/aromatic N) is 4. The lowest BCUT2D eigenvalue weighted by atomic mass is 10.2. The summed E-state index contributed by atoms with van der Waals surface area (Å²) in [5.74, 6) is 0.766. The third kappa shape index (κ3) is 2.11. The fourth-order valence-electron chi connectivity index (χ4n) is 2.01. The minimum absolute atomic E-state index is 0.647. The van der Waals surface area contributed by atoms with Crippen LogP contribution in [0.25, 0.3) is 0 Å². The molecule has 1 aliphatic rings. The Labute approximate surface area is 113 Å². The van der Waals surface area contributed by atoms with E-state index in [9.17, 15) is 5.26 Å². The van der Waals surface area contributed by atoms with Gasteiger partial charge in [0.2, 0.25) is 0 Å². The topological polar surface area (TPSA) is 62.5 Å². The van der Waals surface area contributed by atoms with E-state index in [-0.39, 0.29) is 0 Å². The Morgan fingerprint density at radius 1 is 1.39 bits per heavy atom. The zero-order chi connectivity index (χ0) is 12.5. The summed E-state index contributed by atoms with van der Waals surface area (Å²) < 4.78 is 4.98. The molecule has 1 aliphatic carbocycles. The second-order valence-electron chi connectivity index (χ2n) is 4.12. The molecule has 0 amide bonds. The molecule has 0 saturated heterocycles. The quantitative estimate of drug-likeness (QED) is 0.842. The molecule has 0 aliphatic heterocycles. The van der Waals surface area contributed by atoms with E-state index in [4.69, 9.17) is 0 Å². The Balaban J connectivity index is 1.98. The Morgan fingerprint density at radius 3 is 3.00 bits per heavy atom. The second-order valence-corrected chi connectivity index (χ2v) is 6.11. The number of hydrogen-bond donors (Lipinski definition) is 0. The fraction of sp³-hybridized carbons (Fsp3) is 0.333. The average Bonchev–Trinajstić information content (AvgIpc) is 2.97. The number of aromatic nitrogens is 3. The van der Waals surface area contributed by atoms with Crippen molar-refractivity contribution in [2.45, 2.75) is 35.6 Å². The molecule has 0 fully saturated rings. The number of pyridine rings is 1. The summed E-state index contributed by atoms with van der Waals surface area (Å²) >= 11 is 2.79. The summed E-state index contributed by atoms with van der Waals surface area (Å²) in [7, 11) is 0. The van der Waals surface area contributed by atoms with Crippen molar-refractivity contribution in [2.75, 3.05) is 0 Å². The molecule has 0 saturated carbocycles. The van der Waals surface area contributed by atoms with E-state index in [0.717, 1.165) is 40.1 Å². The van der Waals surface area contributed by atoms with Gasteiger partial charge in [-0.3, -0.25) is 0 Å². The molecule has 3 rings (SSSR count). The van der Waals surface area contributed by atoms with Crippen LogP contribution in [0.1, 0.15) is 29.1 Å². The van der Waals surface area contributed by atoms with Crippen LogP contribution in [-0.2, 0) is 12.8 Å². The molecule has 2 aromatic heterocycles. The molecule has 2 aromatic rings. The number of hydrogen-bond acceptors (Lipinski definition) is 6. The van der Waals surface area contributed by atoms with Crippen LogP contribution in [0.5, 0.6) is 0 Å². The maximum atomic E-state index is 9.20. The Morgan fingerprint density at radius 2 is 2.28 bits per heavy atom. The minimum Gasteiger partial charge on any atom is -0.244 e. The van der Waals surface area contributed by atoms with E-state index in [1.54, 1.807) is 0 Å². The average molecular weight is 274 g/mol. The van der Waals surface area contributed by atoms with E-state index < -0.39 is 0 Å². The summed E-state index contributed by atoms with van der Waals surface area (Å²) in [4.78, 5) is 8.90. The van der Waals surface area contributed by atoms with Crippen LogP contribution < -0.4 is 0 Å². The maximum absolute atomic E-state index is 9.20. The summed E-state index contributed by atoms with van der Waals surface area (Å²) in [6, 6.07) is 4.20. The highest BCUT2D eigenvalue weighted by Gasteiger charge is 2.17. The molecule has 0 aromatic carbocycles. The lowest BCUT2D eigenvalue weighted by Gasteiger charge is -2.04. The summed E-state index contributed by atoms with van der Waals surface area (Å²) in [5.41, 5.74) is 3.01. The Hall–Kier alpha value is -1.45. The molecular formula is C12H10N4S2. The monoisotopic (exact) mass is 274 g/mol. The van der Waals surface area contributed by atoms with E-state index >= 15 is 0 Å². The smallest absolute Gasteiger partial charge is 0.176 e. The first-order chi connectivity index (χ1) is 8.76. The molecule has 0 unspecified atom stereocenters.